The van der Waals surface area contributed by atoms with Crippen LogP contribution in [0.2, 0.25) is 0 Å². The molecule has 0 atom stereocenters. The Hall–Kier alpha value is -2.22. The summed E-state index contributed by atoms with van der Waals surface area (Å²) >= 11 is 0. The van der Waals surface area contributed by atoms with Crippen LogP contribution in [0.25, 0.3) is 11.4 Å². The molecule has 0 spiro atoms. The molecule has 0 saturated carbocycles. The molecular formula is C18H22N2. The molecule has 0 radical (unpaired) electrons. The summed E-state index contributed by atoms with van der Waals surface area (Å²) in [5, 5.41) is 3.26. The van der Waals surface area contributed by atoms with Crippen LogP contribution in [-0.4, -0.2) is 7.05 Å². The molecule has 0 unspecified atom stereocenters. The summed E-state index contributed by atoms with van der Waals surface area (Å²) < 4.78 is 0. The van der Waals surface area contributed by atoms with E-state index < -0.39 is 0 Å². The number of hydrogen-bond donors (Lipinski definition) is 2. The van der Waals surface area contributed by atoms with E-state index in [4.69, 9.17) is 5.73 Å². The van der Waals surface area contributed by atoms with Crippen molar-refractivity contribution in [3.63, 3.8) is 0 Å². The van der Waals surface area contributed by atoms with E-state index >= 15 is 0 Å². The van der Waals surface area contributed by atoms with Gasteiger partial charge in [-0.15, -0.1) is 0 Å². The number of aryl methyl sites for hydroxylation is 2. The average Bonchev–Trinajstić information content (AvgIpc) is 2.49. The Morgan fingerprint density at radius 1 is 1.00 bits per heavy atom. The van der Waals surface area contributed by atoms with Crippen molar-refractivity contribution in [2.45, 2.75) is 20.3 Å². The van der Waals surface area contributed by atoms with Gasteiger partial charge < -0.3 is 11.1 Å². The van der Waals surface area contributed by atoms with E-state index in [-0.39, 0.29) is 0 Å². The van der Waals surface area contributed by atoms with E-state index in [2.05, 4.69) is 49.5 Å². The second kappa shape index (κ2) is 6.29. The zero-order valence-corrected chi connectivity index (χ0v) is 12.4. The monoisotopic (exact) mass is 266 g/mol. The fraction of sp³-hybridized carbons (Fsp3) is 0.222. The van der Waals surface area contributed by atoms with Crippen LogP contribution in [0.5, 0.6) is 0 Å². The van der Waals surface area contributed by atoms with Crippen LogP contribution in [0.4, 0.5) is 0 Å². The summed E-state index contributed by atoms with van der Waals surface area (Å²) in [6.07, 6.45) is 0.974. The Balaban J connectivity index is 2.61. The molecule has 2 heteroatoms. The minimum Gasteiger partial charge on any atom is -0.397 e. The molecule has 2 nitrogen and oxygen atoms in total. The lowest BCUT2D eigenvalue weighted by Crippen LogP contribution is -2.14. The van der Waals surface area contributed by atoms with Crippen LogP contribution in [-0.2, 0) is 6.42 Å². The molecular weight excluding hydrogens is 244 g/mol. The van der Waals surface area contributed by atoms with Crippen molar-refractivity contribution in [1.29, 1.82) is 0 Å². The van der Waals surface area contributed by atoms with E-state index in [0.29, 0.717) is 0 Å². The fourth-order valence-corrected chi connectivity index (χ4v) is 2.49. The van der Waals surface area contributed by atoms with Crippen molar-refractivity contribution in [2.24, 2.45) is 5.73 Å². The zero-order chi connectivity index (χ0) is 14.5. The number of benzene rings is 2. The van der Waals surface area contributed by atoms with Gasteiger partial charge in [-0.25, -0.2) is 0 Å². The molecule has 20 heavy (non-hydrogen) atoms. The molecule has 0 amide bonds. The zero-order valence-electron chi connectivity index (χ0n) is 12.4. The Morgan fingerprint density at radius 3 is 2.20 bits per heavy atom. The predicted octanol–water partition coefficient (Wildman–Crippen LogP) is 3.56. The topological polar surface area (TPSA) is 38.0 Å². The second-order valence-corrected chi connectivity index (χ2v) is 4.86. The van der Waals surface area contributed by atoms with Crippen LogP contribution >= 0.6 is 0 Å². The van der Waals surface area contributed by atoms with Gasteiger partial charge in [0.1, 0.15) is 0 Å². The first-order chi connectivity index (χ1) is 9.69. The maximum Gasteiger partial charge on any atom is 0.0653 e. The van der Waals surface area contributed by atoms with E-state index in [1.165, 1.54) is 11.1 Å². The summed E-state index contributed by atoms with van der Waals surface area (Å²) in [5.41, 5.74) is 13.0. The smallest absolute Gasteiger partial charge is 0.0653 e. The largest absolute Gasteiger partial charge is 0.397 e. The van der Waals surface area contributed by atoms with Crippen molar-refractivity contribution >= 4 is 11.4 Å². The van der Waals surface area contributed by atoms with E-state index in [9.17, 15) is 0 Å². The van der Waals surface area contributed by atoms with Crippen molar-refractivity contribution in [3.05, 3.63) is 70.8 Å². The Morgan fingerprint density at radius 2 is 1.60 bits per heavy atom. The maximum absolute atomic E-state index is 6.44. The number of rotatable bonds is 4. The van der Waals surface area contributed by atoms with E-state index in [0.717, 1.165) is 28.9 Å². The summed E-state index contributed by atoms with van der Waals surface area (Å²) in [7, 11) is 1.92. The highest BCUT2D eigenvalue weighted by Gasteiger charge is 2.11. The lowest BCUT2D eigenvalue weighted by molar-refractivity contribution is 1.10. The molecule has 104 valence electrons. The quantitative estimate of drug-likeness (QED) is 0.830. The third-order valence-electron chi connectivity index (χ3n) is 3.62. The maximum atomic E-state index is 6.44. The molecule has 3 N–H and O–H groups in total. The Kier molecular flexibility index (Phi) is 4.46. The van der Waals surface area contributed by atoms with Gasteiger partial charge in [-0.1, -0.05) is 55.5 Å². The molecule has 0 saturated heterocycles. The van der Waals surface area contributed by atoms with Crippen molar-refractivity contribution in [1.82, 2.24) is 5.32 Å². The third kappa shape index (κ3) is 2.69. The highest BCUT2D eigenvalue weighted by molar-refractivity contribution is 5.89. The number of nitrogens with two attached hydrogens (primary N) is 1. The van der Waals surface area contributed by atoms with Gasteiger partial charge in [0.15, 0.2) is 0 Å². The highest BCUT2D eigenvalue weighted by atomic mass is 14.9. The summed E-state index contributed by atoms with van der Waals surface area (Å²) in [6.45, 7) is 4.25. The Bertz CT molecular complexity index is 627. The van der Waals surface area contributed by atoms with E-state index in [1.807, 2.05) is 25.2 Å². The van der Waals surface area contributed by atoms with Crippen LogP contribution < -0.4 is 11.1 Å². The van der Waals surface area contributed by atoms with Crippen LogP contribution in [0.15, 0.2) is 48.5 Å². The van der Waals surface area contributed by atoms with Gasteiger partial charge in [-0.05, 0) is 24.5 Å². The predicted molar refractivity (Wildman–Crippen MR) is 87.1 cm³/mol. The fourth-order valence-electron chi connectivity index (χ4n) is 2.49. The molecule has 0 aliphatic heterocycles. The SMILES string of the molecule is CCc1ccccc1/C(N)=C(/NC)c1ccccc1C. The molecule has 0 aliphatic rings. The first-order valence-corrected chi connectivity index (χ1v) is 7.00. The van der Waals surface area contributed by atoms with Crippen molar-refractivity contribution in [2.75, 3.05) is 7.05 Å². The summed E-state index contributed by atoms with van der Waals surface area (Å²) in [4.78, 5) is 0. The van der Waals surface area contributed by atoms with E-state index in [1.54, 1.807) is 0 Å². The number of hydrogen-bond acceptors (Lipinski definition) is 2. The molecule has 2 aromatic rings. The average molecular weight is 266 g/mol. The second-order valence-electron chi connectivity index (χ2n) is 4.86. The molecule has 0 bridgehead atoms. The van der Waals surface area contributed by atoms with Crippen LogP contribution in [0.1, 0.15) is 29.2 Å². The van der Waals surface area contributed by atoms with Gasteiger partial charge >= 0.3 is 0 Å². The first kappa shape index (κ1) is 14.2. The molecule has 2 aromatic carbocycles. The minimum atomic E-state index is 0.805. The van der Waals surface area contributed by atoms with Crippen molar-refractivity contribution in [3.8, 4) is 0 Å². The van der Waals surface area contributed by atoms with Gasteiger partial charge in [-0.3, -0.25) is 0 Å². The van der Waals surface area contributed by atoms with Gasteiger partial charge in [0.25, 0.3) is 0 Å². The molecule has 0 aromatic heterocycles. The summed E-state index contributed by atoms with van der Waals surface area (Å²) in [6, 6.07) is 16.6. The van der Waals surface area contributed by atoms with Crippen molar-refractivity contribution < 1.29 is 0 Å². The van der Waals surface area contributed by atoms with Gasteiger partial charge in [0.05, 0.1) is 11.4 Å². The molecule has 0 fully saturated rings. The lowest BCUT2D eigenvalue weighted by atomic mass is 9.97. The van der Waals surface area contributed by atoms with Gasteiger partial charge in [0, 0.05) is 18.2 Å². The molecule has 0 heterocycles. The third-order valence-corrected chi connectivity index (χ3v) is 3.62. The normalized spacial score (nSPS) is 11.9. The lowest BCUT2D eigenvalue weighted by Gasteiger charge is -2.16. The molecule has 2 rings (SSSR count). The van der Waals surface area contributed by atoms with Gasteiger partial charge in [0.2, 0.25) is 0 Å². The van der Waals surface area contributed by atoms with Crippen LogP contribution in [0, 0.1) is 6.92 Å². The minimum absolute atomic E-state index is 0.805. The number of nitrogens with one attached hydrogen (secondary N) is 1. The first-order valence-electron chi connectivity index (χ1n) is 7.00. The standard InChI is InChI=1S/C18H22N2/c1-4-14-10-6-8-12-16(14)17(19)18(20-3)15-11-7-5-9-13(15)2/h5-12,20H,4,19H2,1-3H3/b18-17-. The summed E-state index contributed by atoms with van der Waals surface area (Å²) in [5.74, 6) is 0. The van der Waals surface area contributed by atoms with Crippen LogP contribution in [0.3, 0.4) is 0 Å². The van der Waals surface area contributed by atoms with Gasteiger partial charge in [-0.2, -0.15) is 0 Å². The Labute approximate surface area is 121 Å². The molecule has 0 aliphatic carbocycles. The highest BCUT2D eigenvalue weighted by Crippen LogP contribution is 2.25.